The van der Waals surface area contributed by atoms with Gasteiger partial charge in [-0.05, 0) is 30.7 Å². The van der Waals surface area contributed by atoms with Crippen LogP contribution < -0.4 is 16.4 Å². The maximum atomic E-state index is 13.0. The fourth-order valence-electron chi connectivity index (χ4n) is 3.44. The van der Waals surface area contributed by atoms with Crippen molar-refractivity contribution in [1.82, 2.24) is 15.5 Å². The summed E-state index contributed by atoms with van der Waals surface area (Å²) >= 11 is 1.49. The van der Waals surface area contributed by atoms with Crippen LogP contribution >= 0.6 is 11.3 Å². The molecular formula is C17H22N4O4S. The maximum Gasteiger partial charge on any atom is 0.246 e. The fourth-order valence-corrected chi connectivity index (χ4v) is 4.19. The lowest BCUT2D eigenvalue weighted by molar-refractivity contribution is -0.140. The number of nitrogens with zero attached hydrogens (tertiary/aromatic N) is 1. The molecule has 3 rings (SSSR count). The minimum absolute atomic E-state index is 0.167. The predicted octanol–water partition coefficient (Wildman–Crippen LogP) is -0.470. The molecule has 8 nitrogen and oxygen atoms in total. The number of hydrogen-bond donors (Lipinski definition) is 3. The van der Waals surface area contributed by atoms with E-state index in [1.165, 1.54) is 16.2 Å². The van der Waals surface area contributed by atoms with E-state index in [9.17, 15) is 19.2 Å². The highest BCUT2D eigenvalue weighted by Crippen LogP contribution is 2.20. The Hall–Kier alpha value is -2.42. The molecule has 3 heterocycles. The summed E-state index contributed by atoms with van der Waals surface area (Å²) in [7, 11) is 0. The van der Waals surface area contributed by atoms with Gasteiger partial charge in [-0.3, -0.25) is 19.2 Å². The van der Waals surface area contributed by atoms with Crippen molar-refractivity contribution in [3.8, 4) is 0 Å². The van der Waals surface area contributed by atoms with Gasteiger partial charge in [-0.25, -0.2) is 0 Å². The Labute approximate surface area is 155 Å². The molecule has 0 unspecified atom stereocenters. The summed E-state index contributed by atoms with van der Waals surface area (Å²) in [4.78, 5) is 50.9. The molecule has 26 heavy (non-hydrogen) atoms. The zero-order valence-electron chi connectivity index (χ0n) is 14.3. The van der Waals surface area contributed by atoms with E-state index in [-0.39, 0.29) is 17.7 Å². The van der Waals surface area contributed by atoms with Crippen molar-refractivity contribution in [3.05, 3.63) is 22.4 Å². The summed E-state index contributed by atoms with van der Waals surface area (Å²) in [5, 5.41) is 7.27. The van der Waals surface area contributed by atoms with Gasteiger partial charge in [-0.1, -0.05) is 6.07 Å². The first-order valence-electron chi connectivity index (χ1n) is 8.67. The topological polar surface area (TPSA) is 122 Å². The highest BCUT2D eigenvalue weighted by atomic mass is 32.1. The standard InChI is InChI=1S/C17H22N4O4S/c18-15(23)13-4-1-7-21(13)17(25)12(9-10-3-2-8-26-10)20-16(24)11-5-6-14(22)19-11/h2-3,8,11-13H,1,4-7,9H2,(H2,18,23)(H,19,22)(H,20,24)/t11-,12-,13-/m0/s1. The largest absolute Gasteiger partial charge is 0.368 e. The van der Waals surface area contributed by atoms with Crippen LogP contribution in [0.15, 0.2) is 17.5 Å². The molecule has 2 aliphatic rings. The van der Waals surface area contributed by atoms with Gasteiger partial charge in [0.2, 0.25) is 23.6 Å². The van der Waals surface area contributed by atoms with Crippen LogP contribution in [0.1, 0.15) is 30.6 Å². The summed E-state index contributed by atoms with van der Waals surface area (Å²) in [5.41, 5.74) is 5.41. The molecule has 4 amide bonds. The zero-order valence-corrected chi connectivity index (χ0v) is 15.1. The lowest BCUT2D eigenvalue weighted by Gasteiger charge is -2.28. The van der Waals surface area contributed by atoms with Gasteiger partial charge < -0.3 is 21.3 Å². The first kappa shape index (κ1) is 18.4. The third-order valence-electron chi connectivity index (χ3n) is 4.78. The van der Waals surface area contributed by atoms with Crippen molar-refractivity contribution < 1.29 is 19.2 Å². The molecule has 0 spiro atoms. The van der Waals surface area contributed by atoms with E-state index in [0.29, 0.717) is 38.6 Å². The van der Waals surface area contributed by atoms with Crippen LogP contribution in [-0.2, 0) is 25.6 Å². The molecular weight excluding hydrogens is 356 g/mol. The van der Waals surface area contributed by atoms with E-state index in [2.05, 4.69) is 10.6 Å². The van der Waals surface area contributed by atoms with Gasteiger partial charge >= 0.3 is 0 Å². The van der Waals surface area contributed by atoms with Gasteiger partial charge in [0.15, 0.2) is 0 Å². The predicted molar refractivity (Wildman–Crippen MR) is 95.0 cm³/mol. The van der Waals surface area contributed by atoms with Crippen LogP contribution in [-0.4, -0.2) is 53.2 Å². The lowest BCUT2D eigenvalue weighted by atomic mass is 10.1. The number of nitrogens with two attached hydrogens (primary N) is 1. The Morgan fingerprint density at radius 2 is 2.19 bits per heavy atom. The number of likely N-dealkylation sites (tertiary alicyclic amines) is 1. The fraction of sp³-hybridized carbons (Fsp3) is 0.529. The van der Waals surface area contributed by atoms with Gasteiger partial charge in [-0.2, -0.15) is 0 Å². The number of carbonyl (C=O) groups excluding carboxylic acids is 4. The average Bonchev–Trinajstić information content (AvgIpc) is 3.34. The molecule has 140 valence electrons. The number of hydrogen-bond acceptors (Lipinski definition) is 5. The maximum absolute atomic E-state index is 13.0. The molecule has 0 bridgehead atoms. The monoisotopic (exact) mass is 378 g/mol. The minimum Gasteiger partial charge on any atom is -0.368 e. The summed E-state index contributed by atoms with van der Waals surface area (Å²) in [5.74, 6) is -1.38. The smallest absolute Gasteiger partial charge is 0.246 e. The molecule has 0 radical (unpaired) electrons. The summed E-state index contributed by atoms with van der Waals surface area (Å²) < 4.78 is 0. The summed E-state index contributed by atoms with van der Waals surface area (Å²) in [6, 6.07) is 1.73. The lowest BCUT2D eigenvalue weighted by Crippen LogP contribution is -2.55. The van der Waals surface area contributed by atoms with Crippen molar-refractivity contribution in [2.75, 3.05) is 6.54 Å². The summed E-state index contributed by atoms with van der Waals surface area (Å²) in [6.07, 6.45) is 2.30. The number of primary amides is 1. The molecule has 3 atom stereocenters. The molecule has 0 aliphatic carbocycles. The second kappa shape index (κ2) is 7.86. The highest BCUT2D eigenvalue weighted by molar-refractivity contribution is 7.09. The molecule has 1 aromatic rings. The van der Waals surface area contributed by atoms with E-state index in [1.807, 2.05) is 17.5 Å². The number of amides is 4. The molecule has 1 aromatic heterocycles. The Morgan fingerprint density at radius 3 is 2.81 bits per heavy atom. The second-order valence-electron chi connectivity index (χ2n) is 6.60. The minimum atomic E-state index is -0.793. The molecule has 2 saturated heterocycles. The average molecular weight is 378 g/mol. The molecule has 9 heteroatoms. The first-order valence-corrected chi connectivity index (χ1v) is 9.55. The molecule has 4 N–H and O–H groups in total. The first-order chi connectivity index (χ1) is 12.5. The van der Waals surface area contributed by atoms with Crippen LogP contribution in [0.2, 0.25) is 0 Å². The van der Waals surface area contributed by atoms with E-state index >= 15 is 0 Å². The summed E-state index contributed by atoms with van der Waals surface area (Å²) in [6.45, 7) is 0.448. The zero-order chi connectivity index (χ0) is 18.7. The number of nitrogens with one attached hydrogen (secondary N) is 2. The second-order valence-corrected chi connectivity index (χ2v) is 7.63. The van der Waals surface area contributed by atoms with Crippen molar-refractivity contribution in [1.29, 1.82) is 0 Å². The van der Waals surface area contributed by atoms with Crippen molar-refractivity contribution in [2.45, 2.75) is 50.2 Å². The molecule has 0 aromatic carbocycles. The van der Waals surface area contributed by atoms with Gasteiger partial charge in [0, 0.05) is 24.3 Å². The molecule has 0 saturated carbocycles. The van der Waals surface area contributed by atoms with Gasteiger partial charge in [0.1, 0.15) is 18.1 Å². The third-order valence-corrected chi connectivity index (χ3v) is 5.67. The van der Waals surface area contributed by atoms with Crippen LogP contribution in [0.3, 0.4) is 0 Å². The van der Waals surface area contributed by atoms with Gasteiger partial charge in [0.05, 0.1) is 0 Å². The van der Waals surface area contributed by atoms with E-state index in [0.717, 1.165) is 4.88 Å². The number of thiophene rings is 1. The Balaban J connectivity index is 1.74. The van der Waals surface area contributed by atoms with Gasteiger partial charge in [0.25, 0.3) is 0 Å². The molecule has 2 aliphatic heterocycles. The van der Waals surface area contributed by atoms with Crippen LogP contribution in [0.4, 0.5) is 0 Å². The van der Waals surface area contributed by atoms with Gasteiger partial charge in [-0.15, -0.1) is 11.3 Å². The van der Waals surface area contributed by atoms with Crippen LogP contribution in [0.5, 0.6) is 0 Å². The molecule has 2 fully saturated rings. The Morgan fingerprint density at radius 1 is 1.38 bits per heavy atom. The van der Waals surface area contributed by atoms with Crippen LogP contribution in [0.25, 0.3) is 0 Å². The van der Waals surface area contributed by atoms with Crippen molar-refractivity contribution >= 4 is 35.0 Å². The Kier molecular flexibility index (Phi) is 5.55. The van der Waals surface area contributed by atoms with E-state index in [4.69, 9.17) is 5.73 Å². The number of rotatable bonds is 6. The normalized spacial score (nSPS) is 23.5. The SMILES string of the molecule is NC(=O)[C@@H]1CCCN1C(=O)[C@H](Cc1cccs1)NC(=O)[C@@H]1CCC(=O)N1. The third kappa shape index (κ3) is 4.04. The van der Waals surface area contributed by atoms with E-state index < -0.39 is 24.0 Å². The van der Waals surface area contributed by atoms with Crippen molar-refractivity contribution in [2.24, 2.45) is 5.73 Å². The van der Waals surface area contributed by atoms with Crippen LogP contribution in [0, 0.1) is 0 Å². The Bertz CT molecular complexity index is 706. The van der Waals surface area contributed by atoms with E-state index in [1.54, 1.807) is 0 Å². The quantitative estimate of drug-likeness (QED) is 0.619. The highest BCUT2D eigenvalue weighted by Gasteiger charge is 2.38. The number of carbonyl (C=O) groups is 4. The van der Waals surface area contributed by atoms with Crippen molar-refractivity contribution in [3.63, 3.8) is 0 Å².